The average Bonchev–Trinajstić information content (AvgIpc) is 3.22. The molecule has 1 aliphatic rings. The lowest BCUT2D eigenvalue weighted by atomic mass is 10.1. The Hall–Kier alpha value is -2.42. The first-order chi connectivity index (χ1) is 13.6. The molecule has 0 saturated carbocycles. The van der Waals surface area contributed by atoms with Gasteiger partial charge in [0.2, 0.25) is 0 Å². The number of amides is 1. The molecule has 1 fully saturated rings. The number of morpholine rings is 1. The summed E-state index contributed by atoms with van der Waals surface area (Å²) in [6, 6.07) is 9.90. The highest BCUT2D eigenvalue weighted by Gasteiger charge is 2.12. The van der Waals surface area contributed by atoms with Crippen molar-refractivity contribution in [2.45, 2.75) is 13.1 Å². The number of thiophene rings is 1. The Morgan fingerprint density at radius 2 is 2.14 bits per heavy atom. The van der Waals surface area contributed by atoms with Crippen LogP contribution in [-0.4, -0.2) is 61.5 Å². The van der Waals surface area contributed by atoms with Crippen molar-refractivity contribution in [1.29, 1.82) is 0 Å². The van der Waals surface area contributed by atoms with Crippen molar-refractivity contribution in [2.24, 2.45) is 10.9 Å². The van der Waals surface area contributed by atoms with Crippen molar-refractivity contribution in [3.63, 3.8) is 0 Å². The summed E-state index contributed by atoms with van der Waals surface area (Å²) in [6.07, 6.45) is 0. The number of carbonyl (C=O) groups excluding carboxylic acids is 1. The molecular formula is C20H26N4O3S. The summed E-state index contributed by atoms with van der Waals surface area (Å²) in [5, 5.41) is 7.92. The molecule has 8 heteroatoms. The van der Waals surface area contributed by atoms with Gasteiger partial charge < -0.3 is 20.2 Å². The first-order valence-corrected chi connectivity index (χ1v) is 10.2. The van der Waals surface area contributed by atoms with Crippen molar-refractivity contribution in [2.75, 3.05) is 40.0 Å². The Balaban J connectivity index is 1.50. The Morgan fingerprint density at radius 1 is 1.32 bits per heavy atom. The Morgan fingerprint density at radius 3 is 2.89 bits per heavy atom. The summed E-state index contributed by atoms with van der Waals surface area (Å²) in [5.41, 5.74) is 9.07. The molecule has 0 atom stereocenters. The normalized spacial score (nSPS) is 15.4. The predicted octanol–water partition coefficient (Wildman–Crippen LogP) is 1.88. The molecule has 0 bridgehead atoms. The molecule has 2 N–H and O–H groups in total. The Bertz CT molecular complexity index is 789. The number of ether oxygens (including phenoxy) is 1. The van der Waals surface area contributed by atoms with Crippen LogP contribution in [0.5, 0.6) is 0 Å². The number of hydrogen-bond donors (Lipinski definition) is 1. The fraction of sp³-hybridized carbons (Fsp3) is 0.400. The predicted molar refractivity (Wildman–Crippen MR) is 110 cm³/mol. The van der Waals surface area contributed by atoms with E-state index in [1.54, 1.807) is 23.3 Å². The minimum atomic E-state index is -0.149. The molecule has 1 amide bonds. The second-order valence-electron chi connectivity index (χ2n) is 6.72. The molecule has 1 aromatic carbocycles. The first-order valence-electron chi connectivity index (χ1n) is 9.21. The zero-order valence-corrected chi connectivity index (χ0v) is 16.9. The highest BCUT2D eigenvalue weighted by atomic mass is 32.1. The molecule has 7 nitrogen and oxygen atoms in total. The van der Waals surface area contributed by atoms with Gasteiger partial charge >= 0.3 is 0 Å². The summed E-state index contributed by atoms with van der Waals surface area (Å²) in [7, 11) is 1.74. The molecule has 1 aromatic heterocycles. The Labute approximate surface area is 169 Å². The fourth-order valence-electron chi connectivity index (χ4n) is 2.91. The second-order valence-corrected chi connectivity index (χ2v) is 7.50. The van der Waals surface area contributed by atoms with Crippen LogP contribution >= 0.6 is 11.3 Å². The lowest BCUT2D eigenvalue weighted by molar-refractivity contribution is -0.135. The summed E-state index contributed by atoms with van der Waals surface area (Å²) < 4.78 is 5.38. The largest absolute Gasteiger partial charge is 0.384 e. The van der Waals surface area contributed by atoms with E-state index in [0.29, 0.717) is 6.54 Å². The lowest BCUT2D eigenvalue weighted by Crippen LogP contribution is -2.35. The number of oxime groups is 1. The molecule has 0 radical (unpaired) electrons. The lowest BCUT2D eigenvalue weighted by Gasteiger charge is -2.26. The maximum Gasteiger partial charge on any atom is 0.263 e. The first kappa shape index (κ1) is 20.3. The third-order valence-corrected chi connectivity index (χ3v) is 5.24. The van der Waals surface area contributed by atoms with E-state index in [4.69, 9.17) is 15.3 Å². The van der Waals surface area contributed by atoms with Crippen LogP contribution in [0.1, 0.15) is 16.7 Å². The third kappa shape index (κ3) is 6.05. The van der Waals surface area contributed by atoms with E-state index in [1.807, 2.05) is 35.0 Å². The van der Waals surface area contributed by atoms with Crippen LogP contribution in [0.15, 0.2) is 46.2 Å². The van der Waals surface area contributed by atoms with E-state index in [9.17, 15) is 4.79 Å². The minimum Gasteiger partial charge on any atom is -0.384 e. The average molecular weight is 403 g/mol. The van der Waals surface area contributed by atoms with Gasteiger partial charge in [-0.1, -0.05) is 23.4 Å². The number of rotatable bonds is 8. The molecule has 2 aromatic rings. The summed E-state index contributed by atoms with van der Waals surface area (Å²) >= 11 is 1.61. The van der Waals surface area contributed by atoms with E-state index >= 15 is 0 Å². The fourth-order valence-corrected chi connectivity index (χ4v) is 3.57. The van der Waals surface area contributed by atoms with Crippen LogP contribution in [0, 0.1) is 0 Å². The van der Waals surface area contributed by atoms with E-state index in [1.165, 1.54) is 0 Å². The maximum atomic E-state index is 12.1. The molecule has 1 saturated heterocycles. The van der Waals surface area contributed by atoms with E-state index in [-0.39, 0.29) is 18.3 Å². The SMILES string of the molecule is CN(Cc1ccsc1)C(=O)CO/N=C(\N)c1cccc(CN2CCOCC2)c1. The monoisotopic (exact) mass is 402 g/mol. The van der Waals surface area contributed by atoms with Crippen LogP contribution in [0.25, 0.3) is 0 Å². The topological polar surface area (TPSA) is 80.4 Å². The van der Waals surface area contributed by atoms with Gasteiger partial charge in [-0.15, -0.1) is 0 Å². The molecule has 0 unspecified atom stereocenters. The van der Waals surface area contributed by atoms with Crippen molar-refractivity contribution in [3.05, 3.63) is 57.8 Å². The summed E-state index contributed by atoms with van der Waals surface area (Å²) in [4.78, 5) is 21.3. The van der Waals surface area contributed by atoms with Crippen molar-refractivity contribution in [1.82, 2.24) is 9.80 Å². The van der Waals surface area contributed by atoms with Crippen molar-refractivity contribution in [3.8, 4) is 0 Å². The van der Waals surface area contributed by atoms with Crippen LogP contribution in [0.2, 0.25) is 0 Å². The smallest absolute Gasteiger partial charge is 0.263 e. The second kappa shape index (κ2) is 10.2. The van der Waals surface area contributed by atoms with Gasteiger partial charge in [0.05, 0.1) is 13.2 Å². The van der Waals surface area contributed by atoms with Gasteiger partial charge in [0.25, 0.3) is 5.91 Å². The van der Waals surface area contributed by atoms with Gasteiger partial charge in [-0.05, 0) is 34.0 Å². The number of hydrogen-bond acceptors (Lipinski definition) is 6. The van der Waals surface area contributed by atoms with E-state index in [0.717, 1.165) is 49.5 Å². The quantitative estimate of drug-likeness (QED) is 0.414. The molecule has 28 heavy (non-hydrogen) atoms. The van der Waals surface area contributed by atoms with Gasteiger partial charge in [0.15, 0.2) is 12.4 Å². The highest BCUT2D eigenvalue weighted by molar-refractivity contribution is 7.07. The van der Waals surface area contributed by atoms with Crippen LogP contribution < -0.4 is 5.73 Å². The van der Waals surface area contributed by atoms with E-state index < -0.39 is 0 Å². The molecule has 3 rings (SSSR count). The van der Waals surface area contributed by atoms with Crippen LogP contribution in [0.3, 0.4) is 0 Å². The number of amidine groups is 1. The van der Waals surface area contributed by atoms with E-state index in [2.05, 4.69) is 16.1 Å². The molecular weight excluding hydrogens is 376 g/mol. The zero-order valence-electron chi connectivity index (χ0n) is 16.0. The number of nitrogens with zero attached hydrogens (tertiary/aromatic N) is 3. The number of benzene rings is 1. The van der Waals surface area contributed by atoms with Gasteiger partial charge in [0, 0.05) is 38.8 Å². The van der Waals surface area contributed by atoms with Gasteiger partial charge in [-0.2, -0.15) is 11.3 Å². The van der Waals surface area contributed by atoms with Crippen molar-refractivity contribution < 1.29 is 14.4 Å². The number of likely N-dealkylation sites (N-methyl/N-ethyl adjacent to an activating group) is 1. The third-order valence-electron chi connectivity index (χ3n) is 4.51. The molecule has 0 aliphatic carbocycles. The van der Waals surface area contributed by atoms with Crippen LogP contribution in [0.4, 0.5) is 0 Å². The van der Waals surface area contributed by atoms with Gasteiger partial charge in [0.1, 0.15) is 0 Å². The standard InChI is InChI=1S/C20H26N4O3S/c1-23(12-17-5-10-28-15-17)19(25)14-27-22-20(21)18-4-2-3-16(11-18)13-24-6-8-26-9-7-24/h2-5,10-11,15H,6-9,12-14H2,1H3,(H2,21,22). The van der Waals surface area contributed by atoms with Crippen molar-refractivity contribution >= 4 is 23.1 Å². The minimum absolute atomic E-state index is 0.144. The summed E-state index contributed by atoms with van der Waals surface area (Å²) in [5.74, 6) is 0.112. The van der Waals surface area contributed by atoms with Gasteiger partial charge in [-0.25, -0.2) is 0 Å². The summed E-state index contributed by atoms with van der Waals surface area (Å²) in [6.45, 7) is 4.65. The molecule has 2 heterocycles. The number of carbonyl (C=O) groups is 1. The number of nitrogens with two attached hydrogens (primary N) is 1. The highest BCUT2D eigenvalue weighted by Crippen LogP contribution is 2.11. The van der Waals surface area contributed by atoms with Gasteiger partial charge in [-0.3, -0.25) is 9.69 Å². The maximum absolute atomic E-state index is 12.1. The zero-order chi connectivity index (χ0) is 19.8. The molecule has 150 valence electrons. The Kier molecular flexibility index (Phi) is 7.41. The molecule has 1 aliphatic heterocycles. The van der Waals surface area contributed by atoms with Crippen LogP contribution in [-0.2, 0) is 27.5 Å². The molecule has 0 spiro atoms.